The maximum absolute atomic E-state index is 11.8. The number of carbonyl (C=O) groups is 2. The Balaban J connectivity index is 1.83. The van der Waals surface area contributed by atoms with Crippen molar-refractivity contribution in [2.45, 2.75) is 51.1 Å². The predicted molar refractivity (Wildman–Crippen MR) is 83.1 cm³/mol. The average Bonchev–Trinajstić information content (AvgIpc) is 3.23. The molecule has 0 spiro atoms. The highest BCUT2D eigenvalue weighted by Gasteiger charge is 2.23. The Labute approximate surface area is 125 Å². The molecule has 2 amide bonds. The number of hydrogen-bond donors (Lipinski definition) is 3. The van der Waals surface area contributed by atoms with Gasteiger partial charge in [-0.2, -0.15) is 0 Å². The summed E-state index contributed by atoms with van der Waals surface area (Å²) in [4.78, 5) is 23.6. The summed E-state index contributed by atoms with van der Waals surface area (Å²) in [5.74, 6) is -0.147. The Morgan fingerprint density at radius 2 is 1.95 bits per heavy atom. The quantitative estimate of drug-likeness (QED) is 0.718. The first-order chi connectivity index (χ1) is 10.1. The van der Waals surface area contributed by atoms with Crippen LogP contribution < -0.4 is 16.4 Å². The monoisotopic (exact) mass is 289 g/mol. The Hall–Kier alpha value is -1.88. The summed E-state index contributed by atoms with van der Waals surface area (Å²) in [6.07, 6.45) is 4.26. The van der Waals surface area contributed by atoms with E-state index in [-0.39, 0.29) is 17.9 Å². The van der Waals surface area contributed by atoms with E-state index in [4.69, 9.17) is 5.73 Å². The van der Waals surface area contributed by atoms with Gasteiger partial charge in [-0.1, -0.05) is 13.3 Å². The molecule has 0 bridgehead atoms. The van der Waals surface area contributed by atoms with Gasteiger partial charge in [-0.05, 0) is 43.5 Å². The third-order valence-electron chi connectivity index (χ3n) is 3.45. The number of nitrogens with two attached hydrogens (primary N) is 1. The van der Waals surface area contributed by atoms with Crippen molar-refractivity contribution in [1.29, 1.82) is 0 Å². The molecule has 0 heterocycles. The molecule has 1 saturated carbocycles. The molecule has 5 heteroatoms. The van der Waals surface area contributed by atoms with Crippen LogP contribution in [0, 0.1) is 0 Å². The second kappa shape index (κ2) is 7.22. The van der Waals surface area contributed by atoms with Gasteiger partial charge in [0.05, 0.1) is 0 Å². The van der Waals surface area contributed by atoms with Crippen LogP contribution in [-0.4, -0.2) is 23.9 Å². The summed E-state index contributed by atoms with van der Waals surface area (Å²) >= 11 is 0. The van der Waals surface area contributed by atoms with Gasteiger partial charge in [-0.25, -0.2) is 0 Å². The summed E-state index contributed by atoms with van der Waals surface area (Å²) in [5.41, 5.74) is 7.14. The highest BCUT2D eigenvalue weighted by atomic mass is 16.2. The van der Waals surface area contributed by atoms with Crippen LogP contribution in [0.3, 0.4) is 0 Å². The fourth-order valence-electron chi connectivity index (χ4n) is 2.12. The number of anilines is 1. The van der Waals surface area contributed by atoms with Crippen LogP contribution in [0.15, 0.2) is 24.3 Å². The molecule has 0 aliphatic heterocycles. The van der Waals surface area contributed by atoms with Crippen LogP contribution in [0.25, 0.3) is 0 Å². The molecule has 1 aromatic carbocycles. The van der Waals surface area contributed by atoms with E-state index in [9.17, 15) is 9.59 Å². The van der Waals surface area contributed by atoms with Crippen LogP contribution in [-0.2, 0) is 4.79 Å². The molecule has 5 nitrogen and oxygen atoms in total. The van der Waals surface area contributed by atoms with E-state index in [0.717, 1.165) is 25.7 Å². The molecule has 114 valence electrons. The molecular weight excluding hydrogens is 266 g/mol. The van der Waals surface area contributed by atoms with E-state index in [1.807, 2.05) is 6.92 Å². The third-order valence-corrected chi connectivity index (χ3v) is 3.45. The molecule has 0 radical (unpaired) electrons. The summed E-state index contributed by atoms with van der Waals surface area (Å²) in [6, 6.07) is 7.17. The summed E-state index contributed by atoms with van der Waals surface area (Å²) < 4.78 is 0. The van der Waals surface area contributed by atoms with Crippen molar-refractivity contribution in [3.8, 4) is 0 Å². The first kappa shape index (κ1) is 15.5. The van der Waals surface area contributed by atoms with Crippen molar-refractivity contribution < 1.29 is 9.59 Å². The van der Waals surface area contributed by atoms with E-state index in [1.165, 1.54) is 0 Å². The minimum Gasteiger partial charge on any atom is -0.349 e. The van der Waals surface area contributed by atoms with Crippen LogP contribution >= 0.6 is 0 Å². The summed E-state index contributed by atoms with van der Waals surface area (Å²) in [5, 5.41) is 5.73. The van der Waals surface area contributed by atoms with Gasteiger partial charge in [0, 0.05) is 29.8 Å². The number of nitrogens with one attached hydrogen (secondary N) is 2. The Kier molecular flexibility index (Phi) is 5.33. The van der Waals surface area contributed by atoms with Crippen molar-refractivity contribution in [1.82, 2.24) is 5.32 Å². The van der Waals surface area contributed by atoms with Gasteiger partial charge < -0.3 is 16.4 Å². The van der Waals surface area contributed by atoms with Crippen molar-refractivity contribution in [3.05, 3.63) is 29.8 Å². The molecule has 21 heavy (non-hydrogen) atoms. The average molecular weight is 289 g/mol. The number of rotatable bonds is 7. The molecule has 1 aromatic rings. The van der Waals surface area contributed by atoms with E-state index in [2.05, 4.69) is 10.6 Å². The summed E-state index contributed by atoms with van der Waals surface area (Å²) in [7, 11) is 0. The van der Waals surface area contributed by atoms with Gasteiger partial charge in [0.15, 0.2) is 0 Å². The minimum absolute atomic E-state index is 0.0552. The first-order valence-corrected chi connectivity index (χ1v) is 7.55. The molecule has 1 atom stereocenters. The minimum atomic E-state index is -0.0985. The number of carbonyl (C=O) groups excluding carboxylic acids is 2. The van der Waals surface area contributed by atoms with Crippen molar-refractivity contribution in [2.24, 2.45) is 5.73 Å². The van der Waals surface area contributed by atoms with Crippen LogP contribution in [0.1, 0.15) is 49.4 Å². The number of amides is 2. The van der Waals surface area contributed by atoms with Crippen molar-refractivity contribution >= 4 is 17.5 Å². The van der Waals surface area contributed by atoms with E-state index in [1.54, 1.807) is 24.3 Å². The lowest BCUT2D eigenvalue weighted by Crippen LogP contribution is -2.27. The Morgan fingerprint density at radius 1 is 1.29 bits per heavy atom. The van der Waals surface area contributed by atoms with Crippen LogP contribution in [0.5, 0.6) is 0 Å². The molecule has 0 aromatic heterocycles. The van der Waals surface area contributed by atoms with Gasteiger partial charge in [-0.3, -0.25) is 9.59 Å². The fourth-order valence-corrected chi connectivity index (χ4v) is 2.12. The fraction of sp³-hybridized carbons (Fsp3) is 0.500. The SMILES string of the molecule is CCCC(N)CC(=O)Nc1ccc(C(=O)NC2CC2)cc1. The topological polar surface area (TPSA) is 84.2 Å². The molecule has 1 aliphatic carbocycles. The molecule has 2 rings (SSSR count). The second-order valence-electron chi connectivity index (χ2n) is 5.63. The number of benzene rings is 1. The zero-order chi connectivity index (χ0) is 15.2. The zero-order valence-corrected chi connectivity index (χ0v) is 12.4. The first-order valence-electron chi connectivity index (χ1n) is 7.55. The van der Waals surface area contributed by atoms with Gasteiger partial charge in [0.1, 0.15) is 0 Å². The van der Waals surface area contributed by atoms with Gasteiger partial charge in [0.2, 0.25) is 5.91 Å². The molecular formula is C16H23N3O2. The number of hydrogen-bond acceptors (Lipinski definition) is 3. The lowest BCUT2D eigenvalue weighted by Gasteiger charge is -2.11. The van der Waals surface area contributed by atoms with E-state index in [0.29, 0.717) is 23.7 Å². The highest BCUT2D eigenvalue weighted by Crippen LogP contribution is 2.19. The predicted octanol–water partition coefficient (Wildman–Crippen LogP) is 2.03. The Bertz CT molecular complexity index is 495. The lowest BCUT2D eigenvalue weighted by molar-refractivity contribution is -0.116. The second-order valence-corrected chi connectivity index (χ2v) is 5.63. The maximum Gasteiger partial charge on any atom is 0.251 e. The standard InChI is InChI=1S/C16H23N3O2/c1-2-3-12(17)10-15(20)18-13-6-4-11(5-7-13)16(21)19-14-8-9-14/h4-7,12,14H,2-3,8-10,17H2,1H3,(H,18,20)(H,19,21). The maximum atomic E-state index is 11.8. The largest absolute Gasteiger partial charge is 0.349 e. The molecule has 1 unspecified atom stereocenters. The zero-order valence-electron chi connectivity index (χ0n) is 12.4. The van der Waals surface area contributed by atoms with Crippen molar-refractivity contribution in [3.63, 3.8) is 0 Å². The molecule has 0 saturated heterocycles. The van der Waals surface area contributed by atoms with E-state index < -0.39 is 0 Å². The van der Waals surface area contributed by atoms with Crippen LogP contribution in [0.2, 0.25) is 0 Å². The molecule has 1 aliphatic rings. The van der Waals surface area contributed by atoms with Gasteiger partial charge >= 0.3 is 0 Å². The van der Waals surface area contributed by atoms with Crippen molar-refractivity contribution in [2.75, 3.05) is 5.32 Å². The smallest absolute Gasteiger partial charge is 0.251 e. The normalized spacial score (nSPS) is 15.3. The lowest BCUT2D eigenvalue weighted by atomic mass is 10.1. The summed E-state index contributed by atoms with van der Waals surface area (Å²) in [6.45, 7) is 2.04. The third kappa shape index (κ3) is 5.19. The van der Waals surface area contributed by atoms with Gasteiger partial charge in [-0.15, -0.1) is 0 Å². The van der Waals surface area contributed by atoms with Crippen LogP contribution in [0.4, 0.5) is 5.69 Å². The van der Waals surface area contributed by atoms with Gasteiger partial charge in [0.25, 0.3) is 5.91 Å². The Morgan fingerprint density at radius 3 is 2.52 bits per heavy atom. The highest BCUT2D eigenvalue weighted by molar-refractivity contribution is 5.96. The molecule has 1 fully saturated rings. The molecule has 4 N–H and O–H groups in total. The van der Waals surface area contributed by atoms with E-state index >= 15 is 0 Å².